The van der Waals surface area contributed by atoms with Crippen molar-refractivity contribution in [3.8, 4) is 0 Å². The minimum absolute atomic E-state index is 0.0456. The zero-order valence-corrected chi connectivity index (χ0v) is 41.0. The van der Waals surface area contributed by atoms with E-state index in [1.54, 1.807) is 0 Å². The van der Waals surface area contributed by atoms with E-state index in [0.29, 0.717) is 12.8 Å². The predicted molar refractivity (Wildman–Crippen MR) is 266 cm³/mol. The second-order valence-electron chi connectivity index (χ2n) is 18.0. The number of nitrogens with one attached hydrogen (secondary N) is 7. The van der Waals surface area contributed by atoms with Gasteiger partial charge in [0.25, 0.3) is 5.91 Å². The Labute approximate surface area is 429 Å². The maximum absolute atomic E-state index is 13.8. The van der Waals surface area contributed by atoms with Crippen molar-refractivity contribution in [1.29, 1.82) is 0 Å². The van der Waals surface area contributed by atoms with E-state index in [0.717, 1.165) is 16.3 Å². The number of anilines is 1. The van der Waals surface area contributed by atoms with Crippen LogP contribution in [0.2, 0.25) is 0 Å². The number of unbranched alkanes of at least 4 members (excludes halogenated alkanes) is 1. The Balaban J connectivity index is 1.33. The number of aromatic nitrogens is 1. The Morgan fingerprint density at radius 2 is 1.25 bits per heavy atom. The molecular weight excluding hydrogens is 985 g/mol. The van der Waals surface area contributed by atoms with Gasteiger partial charge in [0.2, 0.25) is 11.8 Å². The van der Waals surface area contributed by atoms with E-state index < -0.39 is 128 Å². The van der Waals surface area contributed by atoms with Crippen molar-refractivity contribution in [2.75, 3.05) is 31.6 Å². The number of likely N-dealkylation sites (tertiary alicyclic amines) is 1. The molecule has 1 fully saturated rings. The Morgan fingerprint density at radius 3 is 1.85 bits per heavy atom. The van der Waals surface area contributed by atoms with Gasteiger partial charge in [0.15, 0.2) is 5.78 Å². The molecule has 0 bridgehead atoms. The molecule has 406 valence electrons. The maximum Gasteiger partial charge on any atom is 0.326 e. The zero-order valence-electron chi connectivity index (χ0n) is 41.0. The highest BCUT2D eigenvalue weighted by Crippen LogP contribution is 2.21. The largest absolute Gasteiger partial charge is 0.481 e. The topological polar surface area (TPSA) is 415 Å². The molecule has 5 atom stereocenters. The van der Waals surface area contributed by atoms with Crippen LogP contribution in [0.15, 0.2) is 60.8 Å². The number of hydrogen-bond donors (Lipinski definition) is 13. The lowest BCUT2D eigenvalue weighted by molar-refractivity contribution is -0.141. The van der Waals surface area contributed by atoms with Gasteiger partial charge in [-0.15, -0.1) is 0 Å². The highest BCUT2D eigenvalue weighted by Gasteiger charge is 2.32. The van der Waals surface area contributed by atoms with Gasteiger partial charge in [-0.05, 0) is 85.8 Å². The van der Waals surface area contributed by atoms with Gasteiger partial charge in [-0.25, -0.2) is 30.0 Å². The number of piperidine rings is 1. The minimum atomic E-state index is -1.57. The standard InChI is InChI=1S/C49H64N10O16/c50-58-39-14-10-33(27-52-39)44(68)54-34(12-16-41(63)64)38(60)25-32(11-15-40(61)62)43(67)53-26-28-18-21-59(22-19-28)49(75)57-37(24-29-8-9-30-5-1-2-6-31(30)23-29)45(69)51-20-4-3-7-35(46(70)71)55-48(74)56-36(47(72)73)13-17-42(65)66/h1-2,5-6,8-10,14,23,27-28,32,34-37H,3-4,7,11-13,15-22,24-26,50H2,(H,51,69)(H,52,58)(H,53,67)(H,54,68)(H,57,75)(H,61,62)(H,63,64)(H,65,66)(H,70,71)(H,72,73)(H2,55,56,74). The number of pyridine rings is 1. The number of carboxylic acids is 5. The van der Waals surface area contributed by atoms with E-state index in [4.69, 9.17) is 10.9 Å². The van der Waals surface area contributed by atoms with Crippen molar-refractivity contribution in [2.24, 2.45) is 17.7 Å². The maximum atomic E-state index is 13.8. The van der Waals surface area contributed by atoms with Crippen LogP contribution in [-0.4, -0.2) is 151 Å². The van der Waals surface area contributed by atoms with Crippen LogP contribution in [0.3, 0.4) is 0 Å². The summed E-state index contributed by atoms with van der Waals surface area (Å²) in [6.07, 6.45) is -0.456. The Kier molecular flexibility index (Phi) is 23.6. The fourth-order valence-corrected chi connectivity index (χ4v) is 8.17. The molecule has 1 aliphatic heterocycles. The van der Waals surface area contributed by atoms with Gasteiger partial charge < -0.3 is 67.8 Å². The Hall–Kier alpha value is -8.42. The van der Waals surface area contributed by atoms with Crippen LogP contribution in [0.4, 0.5) is 15.4 Å². The SMILES string of the molecule is NNc1ccc(C(=O)NC(CCC(=O)O)C(=O)CC(CCC(=O)O)C(=O)NCC2CCN(C(=O)NC(Cc3ccc4ccccc4c3)C(=O)NCCCCC(NC(=O)NC(CCC(=O)O)C(=O)O)C(=O)O)CC2)cn1. The smallest absolute Gasteiger partial charge is 0.326 e. The number of carbonyl (C=O) groups excluding carboxylic acids is 6. The molecule has 4 rings (SSSR count). The molecule has 14 N–H and O–H groups in total. The average Bonchev–Trinajstić information content (AvgIpc) is 3.38. The van der Waals surface area contributed by atoms with Crippen LogP contribution >= 0.6 is 0 Å². The molecule has 3 aromatic rings. The van der Waals surface area contributed by atoms with Crippen molar-refractivity contribution in [2.45, 2.75) is 108 Å². The molecule has 75 heavy (non-hydrogen) atoms. The van der Waals surface area contributed by atoms with Gasteiger partial charge in [0.1, 0.15) is 23.9 Å². The molecule has 26 heteroatoms. The van der Waals surface area contributed by atoms with E-state index in [2.05, 4.69) is 42.3 Å². The molecule has 0 saturated carbocycles. The quantitative estimate of drug-likeness (QED) is 0.0246. The number of nitrogen functional groups attached to an aromatic ring is 1. The fraction of sp³-hybridized carbons (Fsp3) is 0.469. The lowest BCUT2D eigenvalue weighted by atomic mass is 9.91. The van der Waals surface area contributed by atoms with Gasteiger partial charge in [-0.1, -0.05) is 42.5 Å². The van der Waals surface area contributed by atoms with E-state index in [1.807, 2.05) is 42.5 Å². The molecule has 2 aromatic carbocycles. The number of fused-ring (bicyclic) bond motifs is 1. The molecule has 1 saturated heterocycles. The van der Waals surface area contributed by atoms with E-state index in [-0.39, 0.29) is 82.0 Å². The van der Waals surface area contributed by atoms with Gasteiger partial charge in [-0.3, -0.25) is 33.6 Å². The first-order chi connectivity index (χ1) is 35.7. The molecule has 1 aromatic heterocycles. The molecular formula is C49H64N10O16. The number of amides is 7. The van der Waals surface area contributed by atoms with E-state index in [9.17, 15) is 73.2 Å². The van der Waals surface area contributed by atoms with Crippen LogP contribution in [0.25, 0.3) is 10.8 Å². The third kappa shape index (κ3) is 20.5. The number of nitrogens with zero attached hydrogens (tertiary/aromatic N) is 2. The Bertz CT molecular complexity index is 2520. The number of nitrogens with two attached hydrogens (primary N) is 1. The summed E-state index contributed by atoms with van der Waals surface area (Å²) in [7, 11) is 0. The van der Waals surface area contributed by atoms with Crippen molar-refractivity contribution in [3.05, 3.63) is 71.9 Å². The minimum Gasteiger partial charge on any atom is -0.481 e. The lowest BCUT2D eigenvalue weighted by Crippen LogP contribution is -2.54. The fourth-order valence-electron chi connectivity index (χ4n) is 8.17. The van der Waals surface area contributed by atoms with Crippen LogP contribution in [-0.2, 0) is 44.8 Å². The first-order valence-electron chi connectivity index (χ1n) is 24.3. The van der Waals surface area contributed by atoms with Gasteiger partial charge >= 0.3 is 41.9 Å². The molecule has 7 amide bonds. The second kappa shape index (κ2) is 29.9. The molecule has 1 aliphatic rings. The first-order valence-corrected chi connectivity index (χ1v) is 24.3. The first kappa shape index (κ1) is 59.1. The summed E-state index contributed by atoms with van der Waals surface area (Å²) in [5, 5.41) is 63.6. The number of ketones is 1. The van der Waals surface area contributed by atoms with E-state index >= 15 is 0 Å². The molecule has 2 heterocycles. The third-order valence-electron chi connectivity index (χ3n) is 12.4. The average molecular weight is 1050 g/mol. The van der Waals surface area contributed by atoms with E-state index in [1.165, 1.54) is 23.2 Å². The van der Waals surface area contributed by atoms with Gasteiger partial charge in [0, 0.05) is 70.4 Å². The van der Waals surface area contributed by atoms with Crippen molar-refractivity contribution < 1.29 is 78.3 Å². The summed E-state index contributed by atoms with van der Waals surface area (Å²) >= 11 is 0. The Morgan fingerprint density at radius 1 is 0.640 bits per heavy atom. The van der Waals surface area contributed by atoms with Crippen LogP contribution in [0.1, 0.15) is 93.0 Å². The predicted octanol–water partition coefficient (Wildman–Crippen LogP) is 1.43. The number of Topliss-reactive ketones (excluding diaryl/α,β-unsaturated/α-hetero) is 1. The molecule has 5 unspecified atom stereocenters. The summed E-state index contributed by atoms with van der Waals surface area (Å²) in [5.41, 5.74) is 3.10. The number of carbonyl (C=O) groups is 11. The number of hydrazine groups is 1. The summed E-state index contributed by atoms with van der Waals surface area (Å²) in [6.45, 7) is 0.650. The number of rotatable bonds is 31. The highest BCUT2D eigenvalue weighted by atomic mass is 16.4. The normalized spacial score (nSPS) is 14.4. The summed E-state index contributed by atoms with van der Waals surface area (Å²) in [4.78, 5) is 143. The van der Waals surface area contributed by atoms with Crippen LogP contribution in [0.5, 0.6) is 0 Å². The molecule has 26 nitrogen and oxygen atoms in total. The van der Waals surface area contributed by atoms with Crippen LogP contribution in [0, 0.1) is 11.8 Å². The van der Waals surface area contributed by atoms with Crippen molar-refractivity contribution >= 4 is 82.0 Å². The van der Waals surface area contributed by atoms with Gasteiger partial charge in [0.05, 0.1) is 11.6 Å². The number of urea groups is 2. The summed E-state index contributed by atoms with van der Waals surface area (Å²) in [5.74, 6) is -4.88. The lowest BCUT2D eigenvalue weighted by Gasteiger charge is -2.33. The van der Waals surface area contributed by atoms with Crippen molar-refractivity contribution in [1.82, 2.24) is 41.8 Å². The number of benzene rings is 2. The zero-order chi connectivity index (χ0) is 55.0. The molecule has 0 radical (unpaired) electrons. The number of aliphatic carboxylic acids is 5. The molecule has 0 spiro atoms. The number of hydrogen-bond acceptors (Lipinski definition) is 14. The second-order valence-corrected chi connectivity index (χ2v) is 18.0. The summed E-state index contributed by atoms with van der Waals surface area (Å²) < 4.78 is 0. The summed E-state index contributed by atoms with van der Waals surface area (Å²) in [6, 6.07) is 8.98. The third-order valence-corrected chi connectivity index (χ3v) is 12.4. The number of carboxylic acid groups (broad SMARTS) is 5. The monoisotopic (exact) mass is 1050 g/mol. The molecule has 0 aliphatic carbocycles. The van der Waals surface area contributed by atoms with Crippen molar-refractivity contribution in [3.63, 3.8) is 0 Å². The highest BCUT2D eigenvalue weighted by molar-refractivity contribution is 5.99. The van der Waals surface area contributed by atoms with Gasteiger partial charge in [-0.2, -0.15) is 0 Å². The van der Waals surface area contributed by atoms with Crippen LogP contribution < -0.4 is 43.2 Å².